The van der Waals surface area contributed by atoms with E-state index in [-0.39, 0.29) is 6.42 Å². The minimum atomic E-state index is -0.836. The zero-order valence-corrected chi connectivity index (χ0v) is 14.2. The van der Waals surface area contributed by atoms with Gasteiger partial charge in [-0.3, -0.25) is 9.69 Å². The lowest BCUT2D eigenvalue weighted by Gasteiger charge is -2.33. The highest BCUT2D eigenvalue weighted by Crippen LogP contribution is 2.29. The van der Waals surface area contributed by atoms with E-state index in [9.17, 15) is 4.79 Å². The second kappa shape index (κ2) is 7.23. The van der Waals surface area contributed by atoms with Crippen molar-refractivity contribution in [2.45, 2.75) is 45.2 Å². The Balaban J connectivity index is 1.82. The number of rotatable bonds is 5. The first kappa shape index (κ1) is 16.1. The highest BCUT2D eigenvalue weighted by molar-refractivity contribution is 7.13. The van der Waals surface area contributed by atoms with Gasteiger partial charge < -0.3 is 5.11 Å². The number of carbonyl (C=O) groups is 1. The van der Waals surface area contributed by atoms with Crippen molar-refractivity contribution in [2.24, 2.45) is 0 Å². The first-order valence-corrected chi connectivity index (χ1v) is 9.00. The molecular formula is C18H22N2O2S. The number of likely N-dealkylation sites (tertiary alicyclic amines) is 1. The average Bonchev–Trinajstić information content (AvgIpc) is 2.97. The molecule has 122 valence electrons. The zero-order chi connectivity index (χ0) is 16.2. The number of carboxylic acids is 1. The maximum absolute atomic E-state index is 10.8. The Morgan fingerprint density at radius 2 is 2.22 bits per heavy atom. The number of aromatic nitrogens is 1. The lowest BCUT2D eigenvalue weighted by atomic mass is 10.0. The summed E-state index contributed by atoms with van der Waals surface area (Å²) in [7, 11) is 0. The quantitative estimate of drug-likeness (QED) is 0.906. The van der Waals surface area contributed by atoms with Gasteiger partial charge in [0.1, 0.15) is 5.01 Å². The van der Waals surface area contributed by atoms with Crippen LogP contribution in [-0.4, -0.2) is 33.5 Å². The number of thiazole rings is 1. The number of benzene rings is 1. The zero-order valence-electron chi connectivity index (χ0n) is 13.4. The summed E-state index contributed by atoms with van der Waals surface area (Å²) in [5.74, 6) is -0.836. The van der Waals surface area contributed by atoms with Gasteiger partial charge >= 0.3 is 5.97 Å². The molecule has 1 aromatic carbocycles. The number of carboxylic acid groups (broad SMARTS) is 1. The molecular weight excluding hydrogens is 308 g/mol. The molecule has 0 spiro atoms. The Kier molecular flexibility index (Phi) is 5.08. The standard InChI is InChI=1S/C18H22N2O2S/c1-13-6-4-5-9-20(13)11-14-7-2-3-8-16(14)18-19-15(12-23-18)10-17(21)22/h2-3,7-8,12-13H,4-6,9-11H2,1H3,(H,21,22). The molecule has 3 rings (SSSR count). The number of aliphatic carboxylic acids is 1. The number of hydrogen-bond acceptors (Lipinski definition) is 4. The molecule has 23 heavy (non-hydrogen) atoms. The first-order chi connectivity index (χ1) is 11.1. The van der Waals surface area contributed by atoms with Crippen molar-refractivity contribution < 1.29 is 9.90 Å². The molecule has 0 bridgehead atoms. The third-order valence-corrected chi connectivity index (χ3v) is 5.37. The molecule has 1 unspecified atom stereocenters. The fraction of sp³-hybridized carbons (Fsp3) is 0.444. The average molecular weight is 330 g/mol. The van der Waals surface area contributed by atoms with Crippen LogP contribution in [0.5, 0.6) is 0 Å². The van der Waals surface area contributed by atoms with Crippen LogP contribution < -0.4 is 0 Å². The summed E-state index contributed by atoms with van der Waals surface area (Å²) >= 11 is 1.53. The Morgan fingerprint density at radius 3 is 3.00 bits per heavy atom. The number of piperidine rings is 1. The van der Waals surface area contributed by atoms with Crippen LogP contribution in [0.2, 0.25) is 0 Å². The van der Waals surface area contributed by atoms with E-state index in [1.165, 1.54) is 36.2 Å². The SMILES string of the molecule is CC1CCCCN1Cc1ccccc1-c1nc(CC(=O)O)cs1. The van der Waals surface area contributed by atoms with E-state index in [0.29, 0.717) is 11.7 Å². The van der Waals surface area contributed by atoms with Crippen molar-refractivity contribution in [3.63, 3.8) is 0 Å². The van der Waals surface area contributed by atoms with Gasteiger partial charge in [-0.15, -0.1) is 11.3 Å². The van der Waals surface area contributed by atoms with Crippen LogP contribution in [0.25, 0.3) is 10.6 Å². The molecule has 0 radical (unpaired) electrons. The van der Waals surface area contributed by atoms with E-state index in [1.807, 2.05) is 11.4 Å². The summed E-state index contributed by atoms with van der Waals surface area (Å²) in [4.78, 5) is 17.9. The molecule has 1 fully saturated rings. The van der Waals surface area contributed by atoms with Crippen LogP contribution in [0.3, 0.4) is 0 Å². The van der Waals surface area contributed by atoms with E-state index in [0.717, 1.165) is 23.7 Å². The fourth-order valence-corrected chi connectivity index (χ4v) is 4.02. The topological polar surface area (TPSA) is 53.4 Å². The van der Waals surface area contributed by atoms with Crippen LogP contribution >= 0.6 is 11.3 Å². The van der Waals surface area contributed by atoms with Gasteiger partial charge in [-0.1, -0.05) is 30.7 Å². The van der Waals surface area contributed by atoms with Crippen molar-refractivity contribution in [1.29, 1.82) is 0 Å². The Bertz CT molecular complexity index is 683. The smallest absolute Gasteiger partial charge is 0.309 e. The molecule has 2 heterocycles. The maximum Gasteiger partial charge on any atom is 0.309 e. The predicted octanol–water partition coefficient (Wildman–Crippen LogP) is 3.81. The van der Waals surface area contributed by atoms with Gasteiger partial charge in [-0.2, -0.15) is 0 Å². The van der Waals surface area contributed by atoms with E-state index < -0.39 is 5.97 Å². The van der Waals surface area contributed by atoms with Gasteiger partial charge in [0.15, 0.2) is 0 Å². The van der Waals surface area contributed by atoms with Crippen LogP contribution in [0, 0.1) is 0 Å². The van der Waals surface area contributed by atoms with Crippen LogP contribution in [0.4, 0.5) is 0 Å². The van der Waals surface area contributed by atoms with Gasteiger partial charge in [0, 0.05) is 23.5 Å². The predicted molar refractivity (Wildman–Crippen MR) is 92.6 cm³/mol. The highest BCUT2D eigenvalue weighted by Gasteiger charge is 2.20. The molecule has 0 amide bonds. The molecule has 2 aromatic rings. The molecule has 5 heteroatoms. The van der Waals surface area contributed by atoms with Crippen molar-refractivity contribution >= 4 is 17.3 Å². The summed E-state index contributed by atoms with van der Waals surface area (Å²) < 4.78 is 0. The van der Waals surface area contributed by atoms with Gasteiger partial charge in [0.2, 0.25) is 0 Å². The van der Waals surface area contributed by atoms with Gasteiger partial charge in [0.05, 0.1) is 12.1 Å². The molecule has 1 atom stereocenters. The minimum Gasteiger partial charge on any atom is -0.481 e. The van der Waals surface area contributed by atoms with E-state index >= 15 is 0 Å². The number of hydrogen-bond donors (Lipinski definition) is 1. The summed E-state index contributed by atoms with van der Waals surface area (Å²) in [5.41, 5.74) is 3.04. The molecule has 1 aromatic heterocycles. The van der Waals surface area contributed by atoms with E-state index in [2.05, 4.69) is 35.0 Å². The summed E-state index contributed by atoms with van der Waals surface area (Å²) in [5, 5.41) is 11.7. The van der Waals surface area contributed by atoms with Crippen molar-refractivity contribution in [3.8, 4) is 10.6 Å². The molecule has 0 aliphatic carbocycles. The van der Waals surface area contributed by atoms with E-state index in [4.69, 9.17) is 5.11 Å². The Labute approximate surface area is 140 Å². The summed E-state index contributed by atoms with van der Waals surface area (Å²) in [6.07, 6.45) is 3.85. The third-order valence-electron chi connectivity index (χ3n) is 4.45. The monoisotopic (exact) mass is 330 g/mol. The lowest BCUT2D eigenvalue weighted by molar-refractivity contribution is -0.136. The van der Waals surface area contributed by atoms with Crippen molar-refractivity contribution in [2.75, 3.05) is 6.54 Å². The van der Waals surface area contributed by atoms with E-state index in [1.54, 1.807) is 0 Å². The lowest BCUT2D eigenvalue weighted by Crippen LogP contribution is -2.36. The maximum atomic E-state index is 10.8. The highest BCUT2D eigenvalue weighted by atomic mass is 32.1. The van der Waals surface area contributed by atoms with Gasteiger partial charge in [-0.05, 0) is 31.9 Å². The first-order valence-electron chi connectivity index (χ1n) is 8.12. The van der Waals surface area contributed by atoms with Crippen LogP contribution in [0.1, 0.15) is 37.4 Å². The van der Waals surface area contributed by atoms with Crippen LogP contribution in [-0.2, 0) is 17.8 Å². The molecule has 1 aliphatic heterocycles. The summed E-state index contributed by atoms with van der Waals surface area (Å²) in [6.45, 7) is 4.39. The second-order valence-corrected chi connectivity index (χ2v) is 7.05. The second-order valence-electron chi connectivity index (χ2n) is 6.19. The molecule has 1 N–H and O–H groups in total. The summed E-state index contributed by atoms with van der Waals surface area (Å²) in [6, 6.07) is 8.97. The molecule has 0 saturated carbocycles. The van der Waals surface area contributed by atoms with Crippen molar-refractivity contribution in [1.82, 2.24) is 9.88 Å². The van der Waals surface area contributed by atoms with Crippen LogP contribution in [0.15, 0.2) is 29.6 Å². The van der Waals surface area contributed by atoms with Crippen molar-refractivity contribution in [3.05, 3.63) is 40.9 Å². The Morgan fingerprint density at radius 1 is 1.39 bits per heavy atom. The number of nitrogens with zero attached hydrogens (tertiary/aromatic N) is 2. The molecule has 1 saturated heterocycles. The van der Waals surface area contributed by atoms with Gasteiger partial charge in [0.25, 0.3) is 0 Å². The minimum absolute atomic E-state index is 0.0121. The van der Waals surface area contributed by atoms with Gasteiger partial charge in [-0.25, -0.2) is 4.98 Å². The molecule has 4 nitrogen and oxygen atoms in total. The Hall–Kier alpha value is -1.72. The normalized spacial score (nSPS) is 18.9. The molecule has 1 aliphatic rings. The third kappa shape index (κ3) is 3.98. The fourth-order valence-electron chi connectivity index (χ4n) is 3.14. The largest absolute Gasteiger partial charge is 0.481 e.